The van der Waals surface area contributed by atoms with E-state index in [1.165, 1.54) is 0 Å². The molecule has 1 aromatic heterocycles. The van der Waals surface area contributed by atoms with Gasteiger partial charge in [-0.25, -0.2) is 0 Å². The molecule has 100 valence electrons. The molecular formula is C15H18ClN3. The van der Waals surface area contributed by atoms with E-state index in [0.29, 0.717) is 6.04 Å². The average Bonchev–Trinajstić information content (AvgIpc) is 2.41. The summed E-state index contributed by atoms with van der Waals surface area (Å²) in [7, 11) is 0. The van der Waals surface area contributed by atoms with Crippen molar-refractivity contribution in [1.82, 2.24) is 10.2 Å². The lowest BCUT2D eigenvalue weighted by Gasteiger charge is -2.49. The van der Waals surface area contributed by atoms with Crippen molar-refractivity contribution in [3.05, 3.63) is 30.0 Å². The van der Waals surface area contributed by atoms with Crippen molar-refractivity contribution in [2.24, 2.45) is 5.41 Å². The fraction of sp³-hybridized carbons (Fsp3) is 0.467. The molecular weight excluding hydrogens is 258 g/mol. The first kappa shape index (κ1) is 12.7. The van der Waals surface area contributed by atoms with Gasteiger partial charge in [0.05, 0.1) is 5.69 Å². The van der Waals surface area contributed by atoms with Gasteiger partial charge in [0.1, 0.15) is 0 Å². The molecule has 0 spiro atoms. The predicted molar refractivity (Wildman–Crippen MR) is 79.7 cm³/mol. The highest BCUT2D eigenvalue weighted by Gasteiger charge is 2.47. The van der Waals surface area contributed by atoms with Crippen LogP contribution in [0.25, 0.3) is 10.8 Å². The highest BCUT2D eigenvalue weighted by Crippen LogP contribution is 2.46. The summed E-state index contributed by atoms with van der Waals surface area (Å²) in [6, 6.07) is 8.59. The van der Waals surface area contributed by atoms with E-state index < -0.39 is 0 Å². The van der Waals surface area contributed by atoms with Crippen LogP contribution in [0.4, 0.5) is 5.82 Å². The second-order valence-corrected chi connectivity index (χ2v) is 6.43. The maximum Gasteiger partial charge on any atom is 0.156 e. The first-order valence-corrected chi connectivity index (χ1v) is 7.06. The van der Waals surface area contributed by atoms with E-state index in [9.17, 15) is 0 Å². The maximum atomic E-state index is 6.27. The Morgan fingerprint density at radius 3 is 2.53 bits per heavy atom. The Morgan fingerprint density at radius 1 is 1.21 bits per heavy atom. The number of aromatic nitrogens is 2. The Bertz CT molecular complexity index is 624. The van der Waals surface area contributed by atoms with Crippen molar-refractivity contribution in [3.63, 3.8) is 0 Å². The van der Waals surface area contributed by atoms with Crippen LogP contribution in [0.2, 0.25) is 0 Å². The highest BCUT2D eigenvalue weighted by molar-refractivity contribution is 6.22. The van der Waals surface area contributed by atoms with E-state index in [0.717, 1.165) is 28.7 Å². The molecule has 0 aliphatic heterocycles. The molecule has 1 saturated carbocycles. The number of anilines is 1. The van der Waals surface area contributed by atoms with Gasteiger partial charge >= 0.3 is 0 Å². The molecule has 1 aliphatic carbocycles. The van der Waals surface area contributed by atoms with Gasteiger partial charge in [0.2, 0.25) is 0 Å². The second kappa shape index (κ2) is 4.34. The zero-order valence-corrected chi connectivity index (χ0v) is 12.2. The highest BCUT2D eigenvalue weighted by atomic mass is 35.5. The van der Waals surface area contributed by atoms with Gasteiger partial charge in [0.15, 0.2) is 5.82 Å². The van der Waals surface area contributed by atoms with Crippen molar-refractivity contribution in [2.45, 2.75) is 38.6 Å². The molecule has 0 bridgehead atoms. The summed E-state index contributed by atoms with van der Waals surface area (Å²) in [5.41, 5.74) is 1.05. The summed E-state index contributed by atoms with van der Waals surface area (Å²) in [4.78, 5) is 0. The number of halogens is 1. The van der Waals surface area contributed by atoms with Crippen LogP contribution in [0, 0.1) is 12.3 Å². The Hall–Kier alpha value is -1.35. The molecule has 19 heavy (non-hydrogen) atoms. The van der Waals surface area contributed by atoms with Crippen LogP contribution in [-0.2, 0) is 0 Å². The topological polar surface area (TPSA) is 37.8 Å². The zero-order chi connectivity index (χ0) is 13.6. The Labute approximate surface area is 118 Å². The molecule has 1 N–H and O–H groups in total. The van der Waals surface area contributed by atoms with Crippen molar-refractivity contribution in [1.29, 1.82) is 0 Å². The van der Waals surface area contributed by atoms with Crippen LogP contribution in [0.3, 0.4) is 0 Å². The first-order chi connectivity index (χ1) is 9.00. The van der Waals surface area contributed by atoms with Gasteiger partial charge in [-0.05, 0) is 13.3 Å². The third-order valence-corrected chi connectivity index (χ3v) is 5.07. The summed E-state index contributed by atoms with van der Waals surface area (Å²) in [6.45, 7) is 6.37. The van der Waals surface area contributed by atoms with Gasteiger partial charge in [-0.2, -0.15) is 5.10 Å². The maximum absolute atomic E-state index is 6.27. The van der Waals surface area contributed by atoms with Gasteiger partial charge in [0.25, 0.3) is 0 Å². The number of nitrogens with one attached hydrogen (secondary N) is 1. The van der Waals surface area contributed by atoms with E-state index in [4.69, 9.17) is 11.6 Å². The van der Waals surface area contributed by atoms with Crippen LogP contribution in [0.15, 0.2) is 24.3 Å². The molecule has 1 aromatic carbocycles. The monoisotopic (exact) mass is 275 g/mol. The van der Waals surface area contributed by atoms with Crippen LogP contribution >= 0.6 is 11.6 Å². The number of hydrogen-bond donors (Lipinski definition) is 1. The van der Waals surface area contributed by atoms with Crippen LogP contribution in [0.1, 0.15) is 26.0 Å². The van der Waals surface area contributed by atoms with E-state index >= 15 is 0 Å². The predicted octanol–water partition coefficient (Wildman–Crippen LogP) is 3.76. The average molecular weight is 276 g/mol. The van der Waals surface area contributed by atoms with E-state index in [1.807, 2.05) is 19.1 Å². The quantitative estimate of drug-likeness (QED) is 0.848. The molecule has 2 atom stereocenters. The molecule has 0 radical (unpaired) electrons. The summed E-state index contributed by atoms with van der Waals surface area (Å²) < 4.78 is 0. The summed E-state index contributed by atoms with van der Waals surface area (Å²) >= 11 is 6.27. The first-order valence-electron chi connectivity index (χ1n) is 6.63. The molecule has 1 fully saturated rings. The number of aryl methyl sites for hydroxylation is 1. The van der Waals surface area contributed by atoms with Crippen LogP contribution < -0.4 is 5.32 Å². The van der Waals surface area contributed by atoms with Gasteiger partial charge in [-0.15, -0.1) is 16.7 Å². The van der Waals surface area contributed by atoms with Gasteiger partial charge in [-0.3, -0.25) is 0 Å². The summed E-state index contributed by atoms with van der Waals surface area (Å²) in [5.74, 6) is 0.864. The van der Waals surface area contributed by atoms with Crippen molar-refractivity contribution in [2.75, 3.05) is 5.32 Å². The molecule has 1 aliphatic rings. The zero-order valence-electron chi connectivity index (χ0n) is 11.4. The molecule has 3 rings (SSSR count). The molecule has 0 amide bonds. The minimum atomic E-state index is 0.0925. The number of rotatable bonds is 2. The standard InChI is InChI=1S/C15H18ClN3/c1-9-10-6-4-5-7-11(10)14(19-18-9)17-13-8-12(16)15(13,2)3/h4-7,12-13H,8H2,1-3H3,(H,17,19). The largest absolute Gasteiger partial charge is 0.365 e. The normalized spacial score (nSPS) is 25.1. The summed E-state index contributed by atoms with van der Waals surface area (Å²) in [6.07, 6.45) is 0.971. The smallest absolute Gasteiger partial charge is 0.156 e. The lowest BCUT2D eigenvalue weighted by molar-refractivity contribution is 0.168. The minimum Gasteiger partial charge on any atom is -0.365 e. The van der Waals surface area contributed by atoms with Crippen LogP contribution in [0.5, 0.6) is 0 Å². The number of hydrogen-bond acceptors (Lipinski definition) is 3. The lowest BCUT2D eigenvalue weighted by atomic mass is 9.67. The minimum absolute atomic E-state index is 0.0925. The third-order valence-electron chi connectivity index (χ3n) is 4.33. The van der Waals surface area contributed by atoms with Crippen molar-refractivity contribution >= 4 is 28.2 Å². The molecule has 1 heterocycles. The van der Waals surface area contributed by atoms with E-state index in [1.54, 1.807) is 0 Å². The number of fused-ring (bicyclic) bond motifs is 1. The Morgan fingerprint density at radius 2 is 1.89 bits per heavy atom. The molecule has 4 heteroatoms. The third kappa shape index (κ3) is 1.96. The van der Waals surface area contributed by atoms with Crippen molar-refractivity contribution in [3.8, 4) is 0 Å². The van der Waals surface area contributed by atoms with Gasteiger partial charge < -0.3 is 5.32 Å². The van der Waals surface area contributed by atoms with Gasteiger partial charge in [0, 0.05) is 27.6 Å². The molecule has 2 unspecified atom stereocenters. The summed E-state index contributed by atoms with van der Waals surface area (Å²) in [5, 5.41) is 14.6. The number of alkyl halides is 1. The van der Waals surface area contributed by atoms with Crippen LogP contribution in [-0.4, -0.2) is 21.6 Å². The fourth-order valence-electron chi connectivity index (χ4n) is 2.63. The van der Waals surface area contributed by atoms with E-state index in [-0.39, 0.29) is 10.8 Å². The Kier molecular flexibility index (Phi) is 2.90. The van der Waals surface area contributed by atoms with Gasteiger partial charge in [-0.1, -0.05) is 38.1 Å². The second-order valence-electron chi connectivity index (χ2n) is 5.90. The molecule has 3 nitrogen and oxygen atoms in total. The molecule has 2 aromatic rings. The SMILES string of the molecule is Cc1nnc(NC2CC(Cl)C2(C)C)c2ccccc12. The number of nitrogens with zero attached hydrogens (tertiary/aromatic N) is 2. The number of benzene rings is 1. The van der Waals surface area contributed by atoms with E-state index in [2.05, 4.69) is 41.5 Å². The lowest BCUT2D eigenvalue weighted by Crippen LogP contribution is -2.54. The molecule has 0 saturated heterocycles. The van der Waals surface area contributed by atoms with Crippen molar-refractivity contribution < 1.29 is 0 Å². The fourth-order valence-corrected chi connectivity index (χ4v) is 2.96. The Balaban J connectivity index is 1.97.